The molecule has 0 N–H and O–H groups in total. The third kappa shape index (κ3) is 3.94. The number of hydrogen-bond acceptors (Lipinski definition) is 4. The summed E-state index contributed by atoms with van der Waals surface area (Å²) < 4.78 is 18.4. The smallest absolute Gasteiger partial charge is 0.309 e. The molecule has 0 fully saturated rings. The molecule has 0 aromatic carbocycles. The van der Waals surface area contributed by atoms with Crippen LogP contribution in [-0.2, 0) is 32.6 Å². The van der Waals surface area contributed by atoms with Gasteiger partial charge in [-0.25, -0.2) is 0 Å². The third-order valence-electron chi connectivity index (χ3n) is 2.63. The first kappa shape index (κ1) is 14.9. The summed E-state index contributed by atoms with van der Waals surface area (Å²) in [5.41, 5.74) is 1.87. The van der Waals surface area contributed by atoms with Crippen LogP contribution in [0.25, 0.3) is 0 Å². The number of nitrogens with zero attached hydrogens (tertiary/aromatic N) is 2. The average molecular weight is 272 g/mol. The molecule has 1 heterocycles. The molecule has 5 nitrogen and oxygen atoms in total. The van der Waals surface area contributed by atoms with Gasteiger partial charge in [0.25, 0.3) is 0 Å². The molecule has 0 radical (unpaired) electrons. The maximum Gasteiger partial charge on any atom is 0.309 e. The maximum atomic E-state index is 12.0. The number of methoxy groups -OCH3 is 1. The van der Waals surface area contributed by atoms with E-state index < -0.39 is 10.8 Å². The van der Waals surface area contributed by atoms with Crippen molar-refractivity contribution < 1.29 is 13.7 Å². The predicted octanol–water partition coefficient (Wildman–Crippen LogP) is 1.27. The van der Waals surface area contributed by atoms with Crippen LogP contribution < -0.4 is 0 Å². The second-order valence-corrected chi connectivity index (χ2v) is 5.77. The summed E-state index contributed by atoms with van der Waals surface area (Å²) in [5, 5.41) is 4.30. The normalized spacial score (nSPS) is 14.2. The molecule has 0 aliphatic heterocycles. The van der Waals surface area contributed by atoms with Crippen LogP contribution in [0, 0.1) is 12.8 Å². The van der Waals surface area contributed by atoms with E-state index in [-0.39, 0.29) is 11.9 Å². The van der Waals surface area contributed by atoms with Crippen LogP contribution in [0.4, 0.5) is 0 Å². The SMILES string of the molecule is CCn1nc(C)cc1CS(=O)CC(C)C(=O)OC. The molecule has 102 valence electrons. The van der Waals surface area contributed by atoms with Crippen LogP contribution in [0.1, 0.15) is 25.2 Å². The molecule has 6 heteroatoms. The number of rotatable bonds is 6. The second kappa shape index (κ2) is 6.68. The first-order chi connectivity index (χ1) is 8.47. The van der Waals surface area contributed by atoms with Crippen LogP contribution in [0.5, 0.6) is 0 Å². The zero-order valence-electron chi connectivity index (χ0n) is 11.3. The Hall–Kier alpha value is -1.17. The lowest BCUT2D eigenvalue weighted by molar-refractivity contribution is -0.144. The van der Waals surface area contributed by atoms with Crippen molar-refractivity contribution in [2.45, 2.75) is 33.1 Å². The Balaban J connectivity index is 2.61. The highest BCUT2D eigenvalue weighted by molar-refractivity contribution is 7.84. The lowest BCUT2D eigenvalue weighted by Crippen LogP contribution is -2.20. The van der Waals surface area contributed by atoms with Gasteiger partial charge in [-0.3, -0.25) is 13.7 Å². The van der Waals surface area contributed by atoms with Crippen LogP contribution in [0.15, 0.2) is 6.07 Å². The number of esters is 1. The highest BCUT2D eigenvalue weighted by atomic mass is 32.2. The van der Waals surface area contributed by atoms with E-state index in [4.69, 9.17) is 0 Å². The quantitative estimate of drug-likeness (QED) is 0.732. The predicted molar refractivity (Wildman–Crippen MR) is 70.5 cm³/mol. The van der Waals surface area contributed by atoms with Gasteiger partial charge >= 0.3 is 5.97 Å². The van der Waals surface area contributed by atoms with Gasteiger partial charge in [-0.05, 0) is 19.9 Å². The molecule has 2 atom stereocenters. The van der Waals surface area contributed by atoms with E-state index in [1.54, 1.807) is 6.92 Å². The number of carbonyl (C=O) groups is 1. The molecular formula is C12H20N2O3S. The molecule has 0 amide bonds. The minimum Gasteiger partial charge on any atom is -0.469 e. The van der Waals surface area contributed by atoms with Crippen molar-refractivity contribution in [3.63, 3.8) is 0 Å². The van der Waals surface area contributed by atoms with Gasteiger partial charge in [-0.2, -0.15) is 5.10 Å². The average Bonchev–Trinajstić information content (AvgIpc) is 2.67. The van der Waals surface area contributed by atoms with Crippen molar-refractivity contribution in [3.8, 4) is 0 Å². The first-order valence-electron chi connectivity index (χ1n) is 5.94. The maximum absolute atomic E-state index is 12.0. The summed E-state index contributed by atoms with van der Waals surface area (Å²) in [6, 6.07) is 1.93. The van der Waals surface area contributed by atoms with E-state index >= 15 is 0 Å². The van der Waals surface area contributed by atoms with Gasteiger partial charge in [0.2, 0.25) is 0 Å². The molecule has 0 bridgehead atoms. The largest absolute Gasteiger partial charge is 0.469 e. The van der Waals surface area contributed by atoms with Crippen molar-refractivity contribution in [1.82, 2.24) is 9.78 Å². The lowest BCUT2D eigenvalue weighted by Gasteiger charge is -2.09. The highest BCUT2D eigenvalue weighted by Gasteiger charge is 2.17. The van der Waals surface area contributed by atoms with Crippen molar-refractivity contribution in [3.05, 3.63) is 17.5 Å². The molecule has 1 rings (SSSR count). The Labute approximate surface area is 110 Å². The van der Waals surface area contributed by atoms with Gasteiger partial charge in [0.15, 0.2) is 0 Å². The van der Waals surface area contributed by atoms with Crippen LogP contribution in [-0.4, -0.2) is 32.8 Å². The summed E-state index contributed by atoms with van der Waals surface area (Å²) in [4.78, 5) is 11.3. The van der Waals surface area contributed by atoms with Gasteiger partial charge in [0, 0.05) is 23.1 Å². The topological polar surface area (TPSA) is 61.2 Å². The van der Waals surface area contributed by atoms with Gasteiger partial charge in [0.1, 0.15) is 0 Å². The summed E-state index contributed by atoms with van der Waals surface area (Å²) in [6.45, 7) is 6.39. The van der Waals surface area contributed by atoms with E-state index in [1.165, 1.54) is 7.11 Å². The third-order valence-corrected chi connectivity index (χ3v) is 4.12. The number of carbonyl (C=O) groups excluding carboxylic acids is 1. The van der Waals surface area contributed by atoms with E-state index in [1.807, 2.05) is 24.6 Å². The Morgan fingerprint density at radius 1 is 1.61 bits per heavy atom. The van der Waals surface area contributed by atoms with Gasteiger partial charge in [-0.15, -0.1) is 0 Å². The van der Waals surface area contributed by atoms with Crippen LogP contribution in [0.2, 0.25) is 0 Å². The Morgan fingerprint density at radius 3 is 2.83 bits per heavy atom. The zero-order valence-corrected chi connectivity index (χ0v) is 12.1. The molecule has 0 aliphatic rings. The van der Waals surface area contributed by atoms with Gasteiger partial charge in [0.05, 0.1) is 30.2 Å². The van der Waals surface area contributed by atoms with Gasteiger partial charge < -0.3 is 4.74 Å². The molecule has 18 heavy (non-hydrogen) atoms. The molecule has 0 saturated carbocycles. The number of aryl methyl sites for hydroxylation is 2. The molecule has 0 saturated heterocycles. The number of hydrogen-bond donors (Lipinski definition) is 0. The van der Waals surface area contributed by atoms with Gasteiger partial charge in [-0.1, -0.05) is 6.92 Å². The molecular weight excluding hydrogens is 252 g/mol. The second-order valence-electron chi connectivity index (χ2n) is 4.27. The fourth-order valence-electron chi connectivity index (χ4n) is 1.76. The van der Waals surface area contributed by atoms with Crippen LogP contribution in [0.3, 0.4) is 0 Å². The van der Waals surface area contributed by atoms with E-state index in [0.29, 0.717) is 11.5 Å². The summed E-state index contributed by atoms with van der Waals surface area (Å²) >= 11 is 0. The fraction of sp³-hybridized carbons (Fsp3) is 0.667. The van der Waals surface area contributed by atoms with Crippen molar-refractivity contribution >= 4 is 16.8 Å². The summed E-state index contributed by atoms with van der Waals surface area (Å²) in [7, 11) is 0.261. The Morgan fingerprint density at radius 2 is 2.28 bits per heavy atom. The molecule has 1 aromatic heterocycles. The molecule has 0 spiro atoms. The lowest BCUT2D eigenvalue weighted by atomic mass is 10.2. The Kier molecular flexibility index (Phi) is 5.53. The molecule has 2 unspecified atom stereocenters. The summed E-state index contributed by atoms with van der Waals surface area (Å²) in [5.74, 6) is 0.0925. The molecule has 1 aromatic rings. The first-order valence-corrected chi connectivity index (χ1v) is 7.42. The number of ether oxygens (including phenoxy) is 1. The minimum absolute atomic E-state index is 0.316. The van der Waals surface area contributed by atoms with E-state index in [0.717, 1.165) is 17.9 Å². The van der Waals surface area contributed by atoms with E-state index in [2.05, 4.69) is 9.84 Å². The fourth-order valence-corrected chi connectivity index (χ4v) is 3.13. The summed E-state index contributed by atoms with van der Waals surface area (Å²) in [6.07, 6.45) is 0. The monoisotopic (exact) mass is 272 g/mol. The standard InChI is InChI=1S/C12H20N2O3S/c1-5-14-11(6-10(3)13-14)8-18(16)7-9(2)12(15)17-4/h6,9H,5,7-8H2,1-4H3. The number of aromatic nitrogens is 2. The minimum atomic E-state index is -1.08. The zero-order chi connectivity index (χ0) is 13.7. The van der Waals surface area contributed by atoms with E-state index in [9.17, 15) is 9.00 Å². The van der Waals surface area contributed by atoms with Crippen LogP contribution >= 0.6 is 0 Å². The van der Waals surface area contributed by atoms with Crippen molar-refractivity contribution in [2.24, 2.45) is 5.92 Å². The van der Waals surface area contributed by atoms with Crippen molar-refractivity contribution in [2.75, 3.05) is 12.9 Å². The molecule has 0 aliphatic carbocycles. The Bertz CT molecular complexity index is 443. The highest BCUT2D eigenvalue weighted by Crippen LogP contribution is 2.10. The van der Waals surface area contributed by atoms with Crippen molar-refractivity contribution in [1.29, 1.82) is 0 Å².